The molecule has 0 unspecified atom stereocenters. The van der Waals surface area contributed by atoms with E-state index >= 15 is 0 Å². The highest BCUT2D eigenvalue weighted by Gasteiger charge is 2.28. The molecule has 33 heavy (non-hydrogen) atoms. The van der Waals surface area contributed by atoms with E-state index in [-0.39, 0.29) is 29.5 Å². The molecule has 4 rings (SSSR count). The number of hydrogen-bond acceptors (Lipinski definition) is 7. The van der Waals surface area contributed by atoms with Crippen molar-refractivity contribution in [1.82, 2.24) is 9.29 Å². The molecule has 2 heterocycles. The summed E-state index contributed by atoms with van der Waals surface area (Å²) in [6.45, 7) is 1.43. The van der Waals surface area contributed by atoms with Gasteiger partial charge in [0.2, 0.25) is 10.0 Å². The first-order valence-electron chi connectivity index (χ1n) is 10.2. The van der Waals surface area contributed by atoms with Gasteiger partial charge in [-0.3, -0.25) is 4.98 Å². The van der Waals surface area contributed by atoms with Gasteiger partial charge < -0.3 is 8.60 Å². The highest BCUT2D eigenvalue weighted by Crippen LogP contribution is 2.27. The second kappa shape index (κ2) is 9.34. The molecule has 8 nitrogen and oxygen atoms in total. The maximum absolute atomic E-state index is 13.8. The van der Waals surface area contributed by atoms with E-state index in [0.717, 1.165) is 0 Å². The maximum atomic E-state index is 13.8. The zero-order valence-corrected chi connectivity index (χ0v) is 19.4. The normalized spacial score (nSPS) is 12.3. The zero-order chi connectivity index (χ0) is 23.5. The highest BCUT2D eigenvalue weighted by molar-refractivity contribution is 7.89. The molecule has 10 heteroatoms. The molecule has 0 radical (unpaired) electrons. The number of pyridine rings is 1. The lowest BCUT2D eigenvalue weighted by atomic mass is 10.2. The predicted molar refractivity (Wildman–Crippen MR) is 123 cm³/mol. The quantitative estimate of drug-likeness (QED) is 0.330. The molecule has 4 aromatic rings. The van der Waals surface area contributed by atoms with Gasteiger partial charge in [-0.1, -0.05) is 30.3 Å². The molecule has 0 aliphatic carbocycles. The molecule has 172 valence electrons. The van der Waals surface area contributed by atoms with E-state index in [2.05, 4.69) is 4.98 Å². The van der Waals surface area contributed by atoms with Gasteiger partial charge in [0.05, 0.1) is 24.1 Å². The Morgan fingerprint density at radius 1 is 0.939 bits per heavy atom. The molecule has 0 bridgehead atoms. The Bertz CT molecular complexity index is 1460. The van der Waals surface area contributed by atoms with Crippen LogP contribution in [0.5, 0.6) is 5.75 Å². The van der Waals surface area contributed by atoms with Crippen molar-refractivity contribution in [1.29, 1.82) is 0 Å². The van der Waals surface area contributed by atoms with Gasteiger partial charge in [0.15, 0.2) is 0 Å². The number of para-hydroxylation sites is 1. The number of sulfonamides is 1. The van der Waals surface area contributed by atoms with Gasteiger partial charge in [0.1, 0.15) is 16.4 Å². The summed E-state index contributed by atoms with van der Waals surface area (Å²) in [5.41, 5.74) is 0.928. The Morgan fingerprint density at radius 3 is 2.48 bits per heavy atom. The summed E-state index contributed by atoms with van der Waals surface area (Å²) < 4.78 is 62.9. The molecular weight excluding hydrogens is 464 g/mol. The molecule has 0 fully saturated rings. The van der Waals surface area contributed by atoms with Crippen molar-refractivity contribution < 1.29 is 25.4 Å². The fourth-order valence-electron chi connectivity index (χ4n) is 3.33. The Hall–Kier alpha value is -3.21. The molecule has 0 aliphatic rings. The third kappa shape index (κ3) is 5.24. The summed E-state index contributed by atoms with van der Waals surface area (Å²) in [4.78, 5) is 4.36. The molecular formula is C23H22N2O6S2. The highest BCUT2D eigenvalue weighted by atomic mass is 32.2. The SMILES string of the molecule is CCS(=O)(=O)Oc1cccc(CN(Cc2ccco2)S(=O)(=O)c2cccc3cccnc23)c1. The van der Waals surface area contributed by atoms with E-state index < -0.39 is 20.1 Å². The fraction of sp³-hybridized carbons (Fsp3) is 0.174. The lowest BCUT2D eigenvalue weighted by molar-refractivity contribution is 0.358. The van der Waals surface area contributed by atoms with Gasteiger partial charge in [0, 0.05) is 18.1 Å². The van der Waals surface area contributed by atoms with Crippen LogP contribution in [0.4, 0.5) is 0 Å². The summed E-state index contributed by atoms with van der Waals surface area (Å²) in [6, 6.07) is 18.3. The molecule has 2 aromatic heterocycles. The van der Waals surface area contributed by atoms with Crippen molar-refractivity contribution in [2.75, 3.05) is 5.75 Å². The first-order valence-corrected chi connectivity index (χ1v) is 13.2. The Labute approximate surface area is 192 Å². The molecule has 0 saturated heterocycles. The minimum absolute atomic E-state index is 0.0170. The number of furan rings is 1. The number of fused-ring (bicyclic) bond motifs is 1. The van der Waals surface area contributed by atoms with E-state index in [9.17, 15) is 16.8 Å². The third-order valence-corrected chi connectivity index (χ3v) is 7.94. The molecule has 0 N–H and O–H groups in total. The number of benzene rings is 2. The van der Waals surface area contributed by atoms with Crippen LogP contribution < -0.4 is 4.18 Å². The minimum Gasteiger partial charge on any atom is -0.468 e. The van der Waals surface area contributed by atoms with Crippen molar-refractivity contribution in [3.8, 4) is 5.75 Å². The smallest absolute Gasteiger partial charge is 0.308 e. The van der Waals surface area contributed by atoms with Crippen molar-refractivity contribution >= 4 is 31.0 Å². The average Bonchev–Trinajstić information content (AvgIpc) is 3.31. The average molecular weight is 487 g/mol. The van der Waals surface area contributed by atoms with Crippen LogP contribution in [0.15, 0.2) is 88.5 Å². The second-order valence-corrected chi connectivity index (χ2v) is 11.0. The first-order chi connectivity index (χ1) is 15.8. The Balaban J connectivity index is 1.73. The molecule has 0 spiro atoms. The first kappa shape index (κ1) is 23.0. The van der Waals surface area contributed by atoms with Crippen LogP contribution in [0, 0.1) is 0 Å². The summed E-state index contributed by atoms with van der Waals surface area (Å²) in [6.07, 6.45) is 3.02. The van der Waals surface area contributed by atoms with Gasteiger partial charge in [-0.25, -0.2) is 8.42 Å². The Morgan fingerprint density at radius 2 is 1.73 bits per heavy atom. The summed E-state index contributed by atoms with van der Waals surface area (Å²) in [7, 11) is -7.71. The number of hydrogen-bond donors (Lipinski definition) is 0. The summed E-state index contributed by atoms with van der Waals surface area (Å²) in [5.74, 6) is 0.411. The summed E-state index contributed by atoms with van der Waals surface area (Å²) in [5, 5.41) is 0.705. The van der Waals surface area contributed by atoms with E-state index in [0.29, 0.717) is 22.2 Å². The van der Waals surface area contributed by atoms with Crippen LogP contribution in [0.3, 0.4) is 0 Å². The molecule has 0 atom stereocenters. The standard InChI is InChI=1S/C23H22N2O6S2/c1-2-32(26,27)31-20-10-3-7-18(15-20)16-25(17-21-11-6-14-30-21)33(28,29)22-12-4-8-19-9-5-13-24-23(19)22/h3-15H,2,16-17H2,1H3. The van der Waals surface area contributed by atoms with E-state index in [1.54, 1.807) is 54.7 Å². The van der Waals surface area contributed by atoms with Crippen LogP contribution in [-0.4, -0.2) is 31.9 Å². The lowest BCUT2D eigenvalue weighted by Gasteiger charge is -2.22. The van der Waals surface area contributed by atoms with E-state index in [1.165, 1.54) is 35.7 Å². The molecule has 0 saturated carbocycles. The Kier molecular flexibility index (Phi) is 6.50. The maximum Gasteiger partial charge on any atom is 0.308 e. The van der Waals surface area contributed by atoms with Gasteiger partial charge >= 0.3 is 10.1 Å². The molecule has 0 amide bonds. The summed E-state index contributed by atoms with van der Waals surface area (Å²) >= 11 is 0. The van der Waals surface area contributed by atoms with Crippen LogP contribution >= 0.6 is 0 Å². The lowest BCUT2D eigenvalue weighted by Crippen LogP contribution is -2.30. The largest absolute Gasteiger partial charge is 0.468 e. The van der Waals surface area contributed by atoms with Crippen molar-refractivity contribution in [3.05, 3.63) is 90.5 Å². The van der Waals surface area contributed by atoms with Crippen LogP contribution in [0.2, 0.25) is 0 Å². The van der Waals surface area contributed by atoms with Crippen LogP contribution in [0.1, 0.15) is 18.2 Å². The van der Waals surface area contributed by atoms with Crippen LogP contribution in [-0.2, 0) is 33.2 Å². The second-order valence-electron chi connectivity index (χ2n) is 7.26. The third-order valence-electron chi connectivity index (χ3n) is 4.96. The molecule has 0 aliphatic heterocycles. The van der Waals surface area contributed by atoms with Crippen molar-refractivity contribution in [3.63, 3.8) is 0 Å². The number of nitrogens with zero attached hydrogens (tertiary/aromatic N) is 2. The predicted octanol–water partition coefficient (Wildman–Crippen LogP) is 3.95. The minimum atomic E-state index is -4.00. The van der Waals surface area contributed by atoms with Crippen LogP contribution in [0.25, 0.3) is 10.9 Å². The van der Waals surface area contributed by atoms with Gasteiger partial charge in [-0.2, -0.15) is 12.7 Å². The van der Waals surface area contributed by atoms with Gasteiger partial charge in [-0.05, 0) is 48.9 Å². The van der Waals surface area contributed by atoms with E-state index in [4.69, 9.17) is 8.60 Å². The monoisotopic (exact) mass is 486 g/mol. The van der Waals surface area contributed by atoms with E-state index in [1.807, 2.05) is 0 Å². The fourth-order valence-corrected chi connectivity index (χ4v) is 5.41. The number of aromatic nitrogens is 1. The zero-order valence-electron chi connectivity index (χ0n) is 17.8. The van der Waals surface area contributed by atoms with Crippen molar-refractivity contribution in [2.45, 2.75) is 24.9 Å². The van der Waals surface area contributed by atoms with Gasteiger partial charge in [0.25, 0.3) is 0 Å². The van der Waals surface area contributed by atoms with Crippen molar-refractivity contribution in [2.24, 2.45) is 0 Å². The molecule has 2 aromatic carbocycles. The topological polar surface area (TPSA) is 107 Å². The van der Waals surface area contributed by atoms with Gasteiger partial charge in [-0.15, -0.1) is 0 Å². The number of rotatable bonds is 9.